The molecular formula is C29H40ClFN4O3. The summed E-state index contributed by atoms with van der Waals surface area (Å²) in [5.74, 6) is 1.06. The number of nitrogens with zero attached hydrogens (tertiary/aromatic N) is 3. The van der Waals surface area contributed by atoms with E-state index in [9.17, 15) is 14.0 Å². The van der Waals surface area contributed by atoms with Gasteiger partial charge in [0.1, 0.15) is 11.6 Å². The van der Waals surface area contributed by atoms with Crippen molar-refractivity contribution in [1.82, 2.24) is 20.0 Å². The minimum Gasteiger partial charge on any atom is -0.493 e. The third-order valence-corrected chi connectivity index (χ3v) is 7.08. The molecule has 2 heterocycles. The van der Waals surface area contributed by atoms with Crippen molar-refractivity contribution in [2.45, 2.75) is 45.7 Å². The van der Waals surface area contributed by atoms with Gasteiger partial charge >= 0.3 is 6.03 Å². The van der Waals surface area contributed by atoms with Crippen LogP contribution in [0.25, 0.3) is 0 Å². The molecule has 208 valence electrons. The molecule has 1 N–H and O–H groups in total. The first kappa shape index (κ1) is 29.7. The predicted molar refractivity (Wildman–Crippen MR) is 149 cm³/mol. The normalized spacial score (nSPS) is 16.3. The summed E-state index contributed by atoms with van der Waals surface area (Å²) < 4.78 is 19.3. The fourth-order valence-electron chi connectivity index (χ4n) is 4.89. The van der Waals surface area contributed by atoms with E-state index in [-0.39, 0.29) is 36.2 Å². The molecule has 0 unspecified atom stereocenters. The van der Waals surface area contributed by atoms with Crippen molar-refractivity contribution < 1.29 is 18.7 Å². The number of hydrogen-bond acceptors (Lipinski definition) is 4. The summed E-state index contributed by atoms with van der Waals surface area (Å²) >= 11 is 0. The first-order chi connectivity index (χ1) is 17.9. The van der Waals surface area contributed by atoms with Gasteiger partial charge in [-0.2, -0.15) is 0 Å². The Labute approximate surface area is 231 Å². The van der Waals surface area contributed by atoms with E-state index in [2.05, 4.69) is 24.1 Å². The summed E-state index contributed by atoms with van der Waals surface area (Å²) in [6, 6.07) is 14.3. The highest BCUT2D eigenvalue weighted by atomic mass is 35.5. The summed E-state index contributed by atoms with van der Waals surface area (Å²) in [5.41, 5.74) is 1.88. The second-order valence-electron chi connectivity index (χ2n) is 10.5. The van der Waals surface area contributed by atoms with E-state index < -0.39 is 0 Å². The SMILES string of the molecule is CC(C)COc1ccc(CC(=O)N(Cc2ccc(F)cc2)C2CCN(CCN3CCNC3=O)CC2)cc1.Cl. The van der Waals surface area contributed by atoms with E-state index in [0.29, 0.717) is 25.5 Å². The topological polar surface area (TPSA) is 65.1 Å². The minimum absolute atomic E-state index is 0. The van der Waals surface area contributed by atoms with Gasteiger partial charge in [0.25, 0.3) is 0 Å². The maximum absolute atomic E-state index is 13.6. The van der Waals surface area contributed by atoms with Crippen LogP contribution in [0.4, 0.5) is 9.18 Å². The smallest absolute Gasteiger partial charge is 0.317 e. The molecule has 0 atom stereocenters. The molecule has 7 nitrogen and oxygen atoms in total. The molecule has 2 aromatic carbocycles. The van der Waals surface area contributed by atoms with Gasteiger partial charge in [0.15, 0.2) is 0 Å². The number of piperidine rings is 1. The van der Waals surface area contributed by atoms with Crippen LogP contribution in [-0.2, 0) is 17.8 Å². The van der Waals surface area contributed by atoms with Crippen LogP contribution in [-0.4, -0.2) is 78.6 Å². The highest BCUT2D eigenvalue weighted by molar-refractivity contribution is 5.85. The zero-order chi connectivity index (χ0) is 26.2. The lowest BCUT2D eigenvalue weighted by molar-refractivity contribution is -0.134. The molecule has 0 aromatic heterocycles. The van der Waals surface area contributed by atoms with E-state index >= 15 is 0 Å². The Morgan fingerprint density at radius 3 is 2.29 bits per heavy atom. The van der Waals surface area contributed by atoms with Crippen LogP contribution in [0.3, 0.4) is 0 Å². The predicted octanol–water partition coefficient (Wildman–Crippen LogP) is 4.34. The molecular weight excluding hydrogens is 507 g/mol. The number of halogens is 2. The van der Waals surface area contributed by atoms with Crippen molar-refractivity contribution in [3.05, 3.63) is 65.5 Å². The van der Waals surface area contributed by atoms with Crippen LogP contribution < -0.4 is 10.1 Å². The van der Waals surface area contributed by atoms with Gasteiger partial charge in [0.2, 0.25) is 5.91 Å². The zero-order valence-electron chi connectivity index (χ0n) is 22.4. The highest BCUT2D eigenvalue weighted by Gasteiger charge is 2.29. The van der Waals surface area contributed by atoms with Crippen molar-refractivity contribution in [1.29, 1.82) is 0 Å². The Hall–Kier alpha value is -2.84. The zero-order valence-corrected chi connectivity index (χ0v) is 23.2. The molecule has 2 fully saturated rings. The second-order valence-corrected chi connectivity index (χ2v) is 10.5. The van der Waals surface area contributed by atoms with Gasteiger partial charge in [-0.25, -0.2) is 9.18 Å². The number of carbonyl (C=O) groups excluding carboxylic acids is 2. The van der Waals surface area contributed by atoms with Gasteiger partial charge in [-0.15, -0.1) is 12.4 Å². The van der Waals surface area contributed by atoms with Crippen LogP contribution in [0.1, 0.15) is 37.8 Å². The van der Waals surface area contributed by atoms with Crippen molar-refractivity contribution in [3.8, 4) is 5.75 Å². The Bertz CT molecular complexity index is 1030. The molecule has 4 rings (SSSR count). The van der Waals surface area contributed by atoms with Crippen molar-refractivity contribution in [2.75, 3.05) is 45.9 Å². The quantitative estimate of drug-likeness (QED) is 0.455. The Kier molecular flexibility index (Phi) is 11.2. The monoisotopic (exact) mass is 546 g/mol. The third kappa shape index (κ3) is 8.60. The molecule has 2 aromatic rings. The number of likely N-dealkylation sites (tertiary alicyclic amines) is 1. The average molecular weight is 547 g/mol. The van der Waals surface area contributed by atoms with Gasteiger partial charge in [-0.3, -0.25) is 4.79 Å². The molecule has 0 saturated carbocycles. The Morgan fingerprint density at radius 2 is 1.68 bits per heavy atom. The van der Waals surface area contributed by atoms with E-state index in [4.69, 9.17) is 4.74 Å². The molecule has 3 amide bonds. The molecule has 2 aliphatic rings. The third-order valence-electron chi connectivity index (χ3n) is 7.08. The molecule has 2 saturated heterocycles. The lowest BCUT2D eigenvalue weighted by Crippen LogP contribution is -2.48. The Morgan fingerprint density at radius 1 is 1.03 bits per heavy atom. The van der Waals surface area contributed by atoms with Gasteiger partial charge < -0.3 is 24.8 Å². The van der Waals surface area contributed by atoms with Crippen molar-refractivity contribution in [2.24, 2.45) is 5.92 Å². The molecule has 9 heteroatoms. The fraction of sp³-hybridized carbons (Fsp3) is 0.517. The first-order valence-electron chi connectivity index (χ1n) is 13.4. The van der Waals surface area contributed by atoms with Gasteiger partial charge in [0, 0.05) is 51.9 Å². The molecule has 0 bridgehead atoms. The van der Waals surface area contributed by atoms with E-state index in [1.54, 1.807) is 12.1 Å². The number of amides is 3. The van der Waals surface area contributed by atoms with Gasteiger partial charge in [0.05, 0.1) is 13.0 Å². The summed E-state index contributed by atoms with van der Waals surface area (Å²) in [5, 5.41) is 2.85. The van der Waals surface area contributed by atoms with Gasteiger partial charge in [-0.05, 0) is 54.2 Å². The number of nitrogens with one attached hydrogen (secondary N) is 1. The van der Waals surface area contributed by atoms with E-state index in [0.717, 1.165) is 69.0 Å². The van der Waals surface area contributed by atoms with E-state index in [1.165, 1.54) is 12.1 Å². The summed E-state index contributed by atoms with van der Waals surface area (Å²) in [6.45, 7) is 10.2. The van der Waals surface area contributed by atoms with Crippen LogP contribution in [0.15, 0.2) is 48.5 Å². The van der Waals surface area contributed by atoms with Crippen molar-refractivity contribution >= 4 is 24.3 Å². The number of carbonyl (C=O) groups is 2. The molecule has 2 aliphatic heterocycles. The average Bonchev–Trinajstić information content (AvgIpc) is 3.31. The number of urea groups is 1. The number of hydrogen-bond donors (Lipinski definition) is 1. The molecule has 0 radical (unpaired) electrons. The summed E-state index contributed by atoms with van der Waals surface area (Å²) in [7, 11) is 0. The summed E-state index contributed by atoms with van der Waals surface area (Å²) in [4.78, 5) is 31.6. The lowest BCUT2D eigenvalue weighted by atomic mass is 10.0. The molecule has 38 heavy (non-hydrogen) atoms. The van der Waals surface area contributed by atoms with Crippen LogP contribution >= 0.6 is 12.4 Å². The number of benzene rings is 2. The Balaban J connectivity index is 0.00000400. The first-order valence-corrected chi connectivity index (χ1v) is 13.4. The van der Waals surface area contributed by atoms with Crippen molar-refractivity contribution in [3.63, 3.8) is 0 Å². The van der Waals surface area contributed by atoms with Crippen LogP contribution in [0.5, 0.6) is 5.75 Å². The van der Waals surface area contributed by atoms with Crippen LogP contribution in [0.2, 0.25) is 0 Å². The lowest BCUT2D eigenvalue weighted by Gasteiger charge is -2.39. The molecule has 0 spiro atoms. The maximum Gasteiger partial charge on any atom is 0.317 e. The number of rotatable bonds is 11. The highest BCUT2D eigenvalue weighted by Crippen LogP contribution is 2.22. The largest absolute Gasteiger partial charge is 0.493 e. The second kappa shape index (κ2) is 14.4. The van der Waals surface area contributed by atoms with E-state index in [1.807, 2.05) is 34.1 Å². The summed E-state index contributed by atoms with van der Waals surface area (Å²) in [6.07, 6.45) is 2.07. The minimum atomic E-state index is -0.276. The standard InChI is InChI=1S/C29H39FN4O3.ClH/c1-22(2)21-37-27-9-5-23(6-10-27)19-28(35)34(20-24-3-7-25(30)8-4-24)26-11-14-32(15-12-26)17-18-33-16-13-31-29(33)36;/h3-10,22,26H,11-21H2,1-2H3,(H,31,36);1H. The van der Waals surface area contributed by atoms with Crippen LogP contribution in [0, 0.1) is 11.7 Å². The maximum atomic E-state index is 13.6. The number of ether oxygens (including phenoxy) is 1. The fourth-order valence-corrected chi connectivity index (χ4v) is 4.89. The van der Waals surface area contributed by atoms with Gasteiger partial charge in [-0.1, -0.05) is 38.1 Å². The molecule has 0 aliphatic carbocycles.